The Morgan fingerprint density at radius 1 is 1.11 bits per heavy atom. The molecule has 18 heavy (non-hydrogen) atoms. The number of nitrogens with two attached hydrogens (primary N) is 1. The predicted octanol–water partition coefficient (Wildman–Crippen LogP) is 3.39. The molecule has 1 fully saturated rings. The molecule has 102 valence electrons. The van der Waals surface area contributed by atoms with Gasteiger partial charge in [-0.1, -0.05) is 0 Å². The average molecular weight is 282 g/mol. The lowest BCUT2D eigenvalue weighted by Crippen LogP contribution is -2.19. The van der Waals surface area contributed by atoms with Gasteiger partial charge in [0.1, 0.15) is 11.9 Å². The van der Waals surface area contributed by atoms with Gasteiger partial charge in [0.15, 0.2) is 0 Å². The Hall–Kier alpha value is -0.940. The van der Waals surface area contributed by atoms with Crippen LogP contribution >= 0.6 is 12.4 Å². The number of rotatable bonds is 2. The van der Waals surface area contributed by atoms with Crippen molar-refractivity contribution in [3.8, 4) is 5.75 Å². The molecule has 0 saturated heterocycles. The monoisotopic (exact) mass is 281 g/mol. The zero-order valence-electron chi connectivity index (χ0n) is 9.61. The number of ether oxygens (including phenoxy) is 1. The molecule has 0 heterocycles. The van der Waals surface area contributed by atoms with Crippen molar-refractivity contribution in [2.24, 2.45) is 5.73 Å². The molecule has 0 bridgehead atoms. The lowest BCUT2D eigenvalue weighted by atomic mass is 10.2. The summed E-state index contributed by atoms with van der Waals surface area (Å²) in [6.07, 6.45) is -1.73. The summed E-state index contributed by atoms with van der Waals surface area (Å²) < 4.78 is 42.5. The molecule has 1 aromatic carbocycles. The van der Waals surface area contributed by atoms with Crippen molar-refractivity contribution in [2.75, 3.05) is 0 Å². The van der Waals surface area contributed by atoms with E-state index in [4.69, 9.17) is 10.5 Å². The average Bonchev–Trinajstić information content (AvgIpc) is 2.63. The van der Waals surface area contributed by atoms with Gasteiger partial charge in [0.2, 0.25) is 0 Å². The fourth-order valence-corrected chi connectivity index (χ4v) is 2.00. The summed E-state index contributed by atoms with van der Waals surface area (Å²) in [5.74, 6) is 0.470. The SMILES string of the molecule is Cl.NC1CCC(Oc2ccc(C(F)(F)F)cc2)C1. The highest BCUT2D eigenvalue weighted by Crippen LogP contribution is 2.31. The van der Waals surface area contributed by atoms with Gasteiger partial charge in [0, 0.05) is 6.04 Å². The highest BCUT2D eigenvalue weighted by atomic mass is 35.5. The van der Waals surface area contributed by atoms with E-state index >= 15 is 0 Å². The molecular formula is C12H15ClF3NO. The van der Waals surface area contributed by atoms with Gasteiger partial charge in [0.25, 0.3) is 0 Å². The molecule has 0 aromatic heterocycles. The quantitative estimate of drug-likeness (QED) is 0.902. The molecule has 0 aliphatic heterocycles. The van der Waals surface area contributed by atoms with Crippen LogP contribution in [0, 0.1) is 0 Å². The van der Waals surface area contributed by atoms with Gasteiger partial charge in [0.05, 0.1) is 5.56 Å². The molecule has 2 atom stereocenters. The first-order valence-corrected chi connectivity index (χ1v) is 5.54. The Labute approximate surface area is 110 Å². The smallest absolute Gasteiger partial charge is 0.416 e. The normalized spacial score (nSPS) is 23.6. The zero-order valence-corrected chi connectivity index (χ0v) is 10.4. The Balaban J connectivity index is 0.00000162. The van der Waals surface area contributed by atoms with E-state index in [1.165, 1.54) is 12.1 Å². The molecule has 2 N–H and O–H groups in total. The standard InChI is InChI=1S/C12H14F3NO.ClH/c13-12(14,15)8-1-4-10(5-2-8)17-11-6-3-9(16)7-11;/h1-2,4-5,9,11H,3,6-7,16H2;1H. The number of benzene rings is 1. The fraction of sp³-hybridized carbons (Fsp3) is 0.500. The fourth-order valence-electron chi connectivity index (χ4n) is 2.00. The second-order valence-corrected chi connectivity index (χ2v) is 4.34. The van der Waals surface area contributed by atoms with Crippen molar-refractivity contribution >= 4 is 12.4 Å². The summed E-state index contributed by atoms with van der Waals surface area (Å²) in [6, 6.07) is 4.92. The van der Waals surface area contributed by atoms with Gasteiger partial charge in [-0.05, 0) is 43.5 Å². The number of halogens is 4. The van der Waals surface area contributed by atoms with E-state index in [1.54, 1.807) is 0 Å². The maximum Gasteiger partial charge on any atom is 0.416 e. The van der Waals surface area contributed by atoms with Crippen LogP contribution in [0.3, 0.4) is 0 Å². The van der Waals surface area contributed by atoms with Crippen molar-refractivity contribution < 1.29 is 17.9 Å². The van der Waals surface area contributed by atoms with E-state index in [0.29, 0.717) is 5.75 Å². The van der Waals surface area contributed by atoms with Gasteiger partial charge < -0.3 is 10.5 Å². The first-order chi connectivity index (χ1) is 7.95. The lowest BCUT2D eigenvalue weighted by Gasteiger charge is -2.14. The topological polar surface area (TPSA) is 35.2 Å². The molecule has 1 aliphatic rings. The second-order valence-electron chi connectivity index (χ2n) is 4.34. The van der Waals surface area contributed by atoms with Crippen LogP contribution in [-0.4, -0.2) is 12.1 Å². The summed E-state index contributed by atoms with van der Waals surface area (Å²) in [6.45, 7) is 0. The van der Waals surface area contributed by atoms with Gasteiger partial charge in [-0.15, -0.1) is 12.4 Å². The minimum absolute atomic E-state index is 0. The van der Waals surface area contributed by atoms with Gasteiger partial charge >= 0.3 is 6.18 Å². The number of alkyl halides is 3. The van der Waals surface area contributed by atoms with Crippen LogP contribution in [0.15, 0.2) is 24.3 Å². The van der Waals surface area contributed by atoms with E-state index in [9.17, 15) is 13.2 Å². The van der Waals surface area contributed by atoms with Gasteiger partial charge in [-0.3, -0.25) is 0 Å². The minimum Gasteiger partial charge on any atom is -0.490 e. The number of hydrogen-bond acceptors (Lipinski definition) is 2. The third-order valence-corrected chi connectivity index (χ3v) is 2.91. The summed E-state index contributed by atoms with van der Waals surface area (Å²) in [5, 5.41) is 0. The maximum absolute atomic E-state index is 12.3. The highest BCUT2D eigenvalue weighted by Gasteiger charge is 2.30. The second kappa shape index (κ2) is 5.80. The Kier molecular flexibility index (Phi) is 4.87. The first kappa shape index (κ1) is 15.1. The van der Waals surface area contributed by atoms with E-state index in [0.717, 1.165) is 31.4 Å². The van der Waals surface area contributed by atoms with E-state index in [2.05, 4.69) is 0 Å². The van der Waals surface area contributed by atoms with E-state index in [-0.39, 0.29) is 24.6 Å². The first-order valence-electron chi connectivity index (χ1n) is 5.54. The maximum atomic E-state index is 12.3. The van der Waals surface area contributed by atoms with Crippen molar-refractivity contribution in [1.82, 2.24) is 0 Å². The third-order valence-electron chi connectivity index (χ3n) is 2.91. The van der Waals surface area contributed by atoms with Gasteiger partial charge in [-0.25, -0.2) is 0 Å². The van der Waals surface area contributed by atoms with Crippen molar-refractivity contribution in [3.63, 3.8) is 0 Å². The molecular weight excluding hydrogens is 267 g/mol. The number of hydrogen-bond donors (Lipinski definition) is 1. The van der Waals surface area contributed by atoms with Crippen molar-refractivity contribution in [2.45, 2.75) is 37.6 Å². The van der Waals surface area contributed by atoms with Crippen LogP contribution in [0.4, 0.5) is 13.2 Å². The van der Waals surface area contributed by atoms with Crippen molar-refractivity contribution in [1.29, 1.82) is 0 Å². The molecule has 0 spiro atoms. The van der Waals surface area contributed by atoms with Gasteiger partial charge in [-0.2, -0.15) is 13.2 Å². The Morgan fingerprint density at radius 2 is 1.72 bits per heavy atom. The van der Waals surface area contributed by atoms with Crippen LogP contribution in [0.5, 0.6) is 5.75 Å². The molecule has 1 saturated carbocycles. The molecule has 1 aromatic rings. The Morgan fingerprint density at radius 3 is 2.17 bits per heavy atom. The largest absolute Gasteiger partial charge is 0.490 e. The zero-order chi connectivity index (χ0) is 12.5. The van der Waals surface area contributed by atoms with Crippen LogP contribution in [0.1, 0.15) is 24.8 Å². The molecule has 2 nitrogen and oxygen atoms in total. The lowest BCUT2D eigenvalue weighted by molar-refractivity contribution is -0.137. The molecule has 0 amide bonds. The highest BCUT2D eigenvalue weighted by molar-refractivity contribution is 5.85. The summed E-state index contributed by atoms with van der Waals surface area (Å²) in [5.41, 5.74) is 5.07. The Bertz CT molecular complexity index is 380. The van der Waals surface area contributed by atoms with E-state index in [1.807, 2.05) is 0 Å². The molecule has 0 radical (unpaired) electrons. The molecule has 2 unspecified atom stereocenters. The van der Waals surface area contributed by atoms with E-state index < -0.39 is 11.7 Å². The molecule has 6 heteroatoms. The summed E-state index contributed by atoms with van der Waals surface area (Å²) in [4.78, 5) is 0. The minimum atomic E-state index is -4.30. The third kappa shape index (κ3) is 3.78. The van der Waals surface area contributed by atoms with Crippen LogP contribution in [-0.2, 0) is 6.18 Å². The summed E-state index contributed by atoms with van der Waals surface area (Å²) in [7, 11) is 0. The summed E-state index contributed by atoms with van der Waals surface area (Å²) >= 11 is 0. The van der Waals surface area contributed by atoms with Crippen molar-refractivity contribution in [3.05, 3.63) is 29.8 Å². The van der Waals surface area contributed by atoms with Crippen LogP contribution < -0.4 is 10.5 Å². The predicted molar refractivity (Wildman–Crippen MR) is 64.9 cm³/mol. The van der Waals surface area contributed by atoms with Crippen LogP contribution in [0.2, 0.25) is 0 Å². The molecule has 1 aliphatic carbocycles. The van der Waals surface area contributed by atoms with Crippen LogP contribution in [0.25, 0.3) is 0 Å². The molecule has 2 rings (SSSR count).